The second-order valence-electron chi connectivity index (χ2n) is 6.55. The highest BCUT2D eigenvalue weighted by atomic mass is 35.5. The molecule has 0 saturated carbocycles. The molecule has 0 atom stereocenters. The summed E-state index contributed by atoms with van der Waals surface area (Å²) >= 11 is 18.1. The Hall–Kier alpha value is -2.72. The number of hydrogen-bond donors (Lipinski definition) is 0. The van der Waals surface area contributed by atoms with Crippen molar-refractivity contribution in [3.63, 3.8) is 0 Å². The van der Waals surface area contributed by atoms with Crippen molar-refractivity contribution in [3.8, 4) is 5.75 Å². The molecule has 3 nitrogen and oxygen atoms in total. The Labute approximate surface area is 188 Å². The smallest absolute Gasteiger partial charge is 0.185 e. The van der Waals surface area contributed by atoms with Crippen LogP contribution in [0.1, 0.15) is 21.9 Å². The van der Waals surface area contributed by atoms with E-state index < -0.39 is 0 Å². The van der Waals surface area contributed by atoms with Crippen molar-refractivity contribution in [1.29, 1.82) is 0 Å². The van der Waals surface area contributed by atoms with Crippen LogP contribution >= 0.6 is 34.8 Å². The van der Waals surface area contributed by atoms with Crippen LogP contribution in [0.2, 0.25) is 15.1 Å². The van der Waals surface area contributed by atoms with Crippen molar-refractivity contribution in [2.45, 2.75) is 6.61 Å². The Morgan fingerprint density at radius 2 is 1.63 bits per heavy atom. The van der Waals surface area contributed by atoms with Crippen LogP contribution in [-0.4, -0.2) is 5.78 Å². The first-order valence-electron chi connectivity index (χ1n) is 9.07. The van der Waals surface area contributed by atoms with Crippen molar-refractivity contribution < 1.29 is 13.9 Å². The number of benzene rings is 3. The minimum Gasteiger partial charge on any atom is -0.483 e. The summed E-state index contributed by atoms with van der Waals surface area (Å²) < 4.78 is 11.3. The monoisotopic (exact) mass is 456 g/mol. The summed E-state index contributed by atoms with van der Waals surface area (Å²) in [5, 5.41) is 3.18. The Morgan fingerprint density at radius 3 is 2.40 bits per heavy atom. The summed E-state index contributed by atoms with van der Waals surface area (Å²) in [6.45, 7) is 0.132. The highest BCUT2D eigenvalue weighted by molar-refractivity contribution is 6.40. The fraction of sp³-hybridized carbons (Fsp3) is 0.0417. The van der Waals surface area contributed by atoms with Gasteiger partial charge >= 0.3 is 0 Å². The summed E-state index contributed by atoms with van der Waals surface area (Å²) in [5.74, 6) is 1.34. The first-order chi connectivity index (χ1) is 14.5. The van der Waals surface area contributed by atoms with Gasteiger partial charge in [0.1, 0.15) is 18.1 Å². The number of ketones is 1. The number of carbonyl (C=O) groups excluding carboxylic acids is 1. The molecule has 0 N–H and O–H groups in total. The van der Waals surface area contributed by atoms with E-state index in [1.54, 1.807) is 30.3 Å². The summed E-state index contributed by atoms with van der Waals surface area (Å²) in [4.78, 5) is 12.5. The molecule has 0 radical (unpaired) electrons. The lowest BCUT2D eigenvalue weighted by Crippen LogP contribution is -1.95. The average Bonchev–Trinajstić information content (AvgIpc) is 3.18. The van der Waals surface area contributed by atoms with Gasteiger partial charge in [-0.3, -0.25) is 4.79 Å². The summed E-state index contributed by atoms with van der Waals surface area (Å²) in [6, 6.07) is 20.2. The van der Waals surface area contributed by atoms with Crippen LogP contribution in [0.15, 0.2) is 77.2 Å². The number of hydrogen-bond acceptors (Lipinski definition) is 3. The largest absolute Gasteiger partial charge is 0.483 e. The van der Waals surface area contributed by atoms with Crippen LogP contribution in [0.5, 0.6) is 5.75 Å². The lowest BCUT2D eigenvalue weighted by atomic mass is 10.0. The van der Waals surface area contributed by atoms with E-state index in [0.29, 0.717) is 37.9 Å². The van der Waals surface area contributed by atoms with E-state index >= 15 is 0 Å². The number of furan rings is 1. The molecule has 150 valence electrons. The number of halogens is 3. The minimum atomic E-state index is -0.102. The predicted octanol–water partition coefficient (Wildman–Crippen LogP) is 7.87. The van der Waals surface area contributed by atoms with Crippen molar-refractivity contribution in [2.75, 3.05) is 0 Å². The summed E-state index contributed by atoms with van der Waals surface area (Å²) in [6.07, 6.45) is 3.11. The van der Waals surface area contributed by atoms with Crippen LogP contribution in [0.4, 0.5) is 0 Å². The zero-order valence-electron chi connectivity index (χ0n) is 15.6. The maximum absolute atomic E-state index is 12.5. The molecule has 1 heterocycles. The number of rotatable bonds is 6. The van der Waals surface area contributed by atoms with Gasteiger partial charge in [-0.1, -0.05) is 71.2 Å². The third-order valence-electron chi connectivity index (χ3n) is 4.44. The van der Waals surface area contributed by atoms with Gasteiger partial charge in [-0.05, 0) is 53.3 Å². The zero-order chi connectivity index (χ0) is 21.1. The quantitative estimate of drug-likeness (QED) is 0.218. The molecule has 0 amide bonds. The van der Waals surface area contributed by atoms with Crippen LogP contribution in [0, 0.1) is 0 Å². The molecule has 0 unspecified atom stereocenters. The van der Waals surface area contributed by atoms with Gasteiger partial charge in [0.15, 0.2) is 11.5 Å². The normalized spacial score (nSPS) is 11.3. The Morgan fingerprint density at radius 1 is 0.900 bits per heavy atom. The Balaban J connectivity index is 1.42. The molecule has 0 aliphatic carbocycles. The lowest BCUT2D eigenvalue weighted by molar-refractivity contribution is 0.104. The van der Waals surface area contributed by atoms with Gasteiger partial charge in [-0.2, -0.15) is 0 Å². The molecule has 0 bridgehead atoms. The maximum Gasteiger partial charge on any atom is 0.185 e. The molecule has 3 aromatic carbocycles. The molecule has 1 aromatic heterocycles. The van der Waals surface area contributed by atoms with Gasteiger partial charge in [0, 0.05) is 10.6 Å². The molecular weight excluding hydrogens is 443 g/mol. The van der Waals surface area contributed by atoms with Gasteiger partial charge in [0.25, 0.3) is 0 Å². The van der Waals surface area contributed by atoms with Crippen LogP contribution in [-0.2, 0) is 6.61 Å². The van der Waals surface area contributed by atoms with E-state index in [4.69, 9.17) is 44.0 Å². The topological polar surface area (TPSA) is 39.4 Å². The van der Waals surface area contributed by atoms with Crippen LogP contribution in [0.3, 0.4) is 0 Å². The average molecular weight is 458 g/mol. The van der Waals surface area contributed by atoms with E-state index in [-0.39, 0.29) is 12.4 Å². The fourth-order valence-electron chi connectivity index (χ4n) is 2.97. The molecule has 30 heavy (non-hydrogen) atoms. The second-order valence-corrected chi connectivity index (χ2v) is 7.80. The van der Waals surface area contributed by atoms with Crippen molar-refractivity contribution >= 4 is 57.4 Å². The molecule has 0 aliphatic heterocycles. The third kappa shape index (κ3) is 4.71. The van der Waals surface area contributed by atoms with Gasteiger partial charge < -0.3 is 9.15 Å². The van der Waals surface area contributed by atoms with E-state index in [9.17, 15) is 4.79 Å². The van der Waals surface area contributed by atoms with Gasteiger partial charge in [0.2, 0.25) is 0 Å². The molecule has 0 spiro atoms. The van der Waals surface area contributed by atoms with Crippen LogP contribution < -0.4 is 4.74 Å². The molecule has 4 rings (SSSR count). The Kier molecular flexibility index (Phi) is 6.14. The number of fused-ring (bicyclic) bond motifs is 1. The van der Waals surface area contributed by atoms with Gasteiger partial charge in [0.05, 0.1) is 10.0 Å². The van der Waals surface area contributed by atoms with E-state index in [1.807, 2.05) is 42.5 Å². The van der Waals surface area contributed by atoms with E-state index in [2.05, 4.69) is 0 Å². The SMILES string of the molecule is O=C(/C=C/c1ccc(COc2c(Cl)cc(Cl)cc2Cl)o1)c1ccc2ccccc2c1. The maximum atomic E-state index is 12.5. The second kappa shape index (κ2) is 8.97. The van der Waals surface area contributed by atoms with Crippen molar-refractivity contribution in [2.24, 2.45) is 0 Å². The summed E-state index contributed by atoms with van der Waals surface area (Å²) in [5.41, 5.74) is 0.618. The molecular formula is C24H15Cl3O3. The Bertz CT molecular complexity index is 1230. The van der Waals surface area contributed by atoms with E-state index in [1.165, 1.54) is 6.08 Å². The molecule has 0 saturated heterocycles. The fourth-order valence-corrected chi connectivity index (χ4v) is 3.89. The van der Waals surface area contributed by atoms with Gasteiger partial charge in [-0.25, -0.2) is 0 Å². The minimum absolute atomic E-state index is 0.102. The standard InChI is InChI=1S/C24H15Cl3O3/c25-18-12-21(26)24(22(27)13-18)29-14-20-8-7-19(30-20)9-10-23(28)17-6-5-15-3-1-2-4-16(15)11-17/h1-13H,14H2/b10-9+. The third-order valence-corrected chi connectivity index (χ3v) is 5.22. The highest BCUT2D eigenvalue weighted by Crippen LogP contribution is 2.36. The molecule has 4 aromatic rings. The molecule has 0 aliphatic rings. The first-order valence-corrected chi connectivity index (χ1v) is 10.2. The number of ether oxygens (including phenoxy) is 1. The predicted molar refractivity (Wildman–Crippen MR) is 122 cm³/mol. The lowest BCUT2D eigenvalue weighted by Gasteiger charge is -2.08. The van der Waals surface area contributed by atoms with Crippen molar-refractivity contribution in [1.82, 2.24) is 0 Å². The van der Waals surface area contributed by atoms with Crippen LogP contribution in [0.25, 0.3) is 16.8 Å². The first kappa shape index (κ1) is 20.5. The van der Waals surface area contributed by atoms with Gasteiger partial charge in [-0.15, -0.1) is 0 Å². The number of carbonyl (C=O) groups is 1. The zero-order valence-corrected chi connectivity index (χ0v) is 17.8. The highest BCUT2D eigenvalue weighted by Gasteiger charge is 2.11. The molecule has 0 fully saturated rings. The summed E-state index contributed by atoms with van der Waals surface area (Å²) in [7, 11) is 0. The number of allylic oxidation sites excluding steroid dienone is 1. The molecule has 6 heteroatoms. The van der Waals surface area contributed by atoms with Crippen molar-refractivity contribution in [3.05, 3.63) is 105 Å². The van der Waals surface area contributed by atoms with E-state index in [0.717, 1.165) is 10.8 Å².